The van der Waals surface area contributed by atoms with Crippen LogP contribution in [0.4, 0.5) is 0 Å². The number of hydrogen-bond donors (Lipinski definition) is 0. The zero-order valence-electron chi connectivity index (χ0n) is 10.1. The number of rotatable bonds is 4. The Labute approximate surface area is 100 Å². The monoisotopic (exact) mass is 235 g/mol. The molecule has 1 aromatic carbocycles. The average Bonchev–Trinajstić information content (AvgIpc) is 2.24. The zero-order valence-corrected chi connectivity index (χ0v) is 10.1. The molecule has 0 bridgehead atoms. The van der Waals surface area contributed by atoms with Gasteiger partial charge in [-0.15, -0.1) is 0 Å². The van der Waals surface area contributed by atoms with Crippen LogP contribution in [0.2, 0.25) is 0 Å². The molecule has 92 valence electrons. The summed E-state index contributed by atoms with van der Waals surface area (Å²) in [7, 11) is 0. The van der Waals surface area contributed by atoms with Gasteiger partial charge in [0.2, 0.25) is 0 Å². The van der Waals surface area contributed by atoms with Crippen LogP contribution in [-0.2, 0) is 10.2 Å². The Morgan fingerprint density at radius 2 is 2.06 bits per heavy atom. The molecule has 0 unspecified atom stereocenters. The quantitative estimate of drug-likeness (QED) is 0.728. The normalized spacial score (nSPS) is 11.0. The maximum atomic E-state index is 10.9. The van der Waals surface area contributed by atoms with E-state index in [-0.39, 0.29) is 11.2 Å². The number of aliphatic carboxylic acids is 1. The van der Waals surface area contributed by atoms with Gasteiger partial charge in [-0.05, 0) is 23.1 Å². The molecule has 1 rings (SSSR count). The molecule has 0 aliphatic carbocycles. The molecule has 0 spiro atoms. The molecule has 0 saturated heterocycles. The van der Waals surface area contributed by atoms with Crippen molar-refractivity contribution < 1.29 is 19.4 Å². The molecule has 0 aliphatic rings. The lowest BCUT2D eigenvalue weighted by molar-refractivity contribution is -0.307. The zero-order chi connectivity index (χ0) is 13.1. The van der Waals surface area contributed by atoms with E-state index >= 15 is 0 Å². The molecular formula is C13H15O4-. The first-order valence-corrected chi connectivity index (χ1v) is 5.27. The maximum absolute atomic E-state index is 10.9. The summed E-state index contributed by atoms with van der Waals surface area (Å²) in [5.41, 5.74) is 1.25. The second-order valence-corrected chi connectivity index (χ2v) is 4.78. The summed E-state index contributed by atoms with van der Waals surface area (Å²) in [6.45, 7) is 5.52. The lowest BCUT2D eigenvalue weighted by Crippen LogP contribution is -2.29. The largest absolute Gasteiger partial charge is 0.546 e. The van der Waals surface area contributed by atoms with E-state index in [1.54, 1.807) is 12.1 Å². The molecule has 0 radical (unpaired) electrons. The summed E-state index contributed by atoms with van der Waals surface area (Å²) in [6, 6.07) is 5.13. The van der Waals surface area contributed by atoms with E-state index in [2.05, 4.69) is 0 Å². The SMILES string of the molecule is CC(C)(C)c1ccc(OCC(=O)[O-])c(C=O)c1. The van der Waals surface area contributed by atoms with Gasteiger partial charge in [-0.25, -0.2) is 0 Å². The van der Waals surface area contributed by atoms with E-state index in [1.807, 2.05) is 26.8 Å². The summed E-state index contributed by atoms with van der Waals surface area (Å²) in [5.74, 6) is -1.06. The summed E-state index contributed by atoms with van der Waals surface area (Å²) in [5, 5.41) is 10.3. The minimum absolute atomic E-state index is 0.0787. The molecule has 0 aromatic heterocycles. The van der Waals surface area contributed by atoms with Crippen LogP contribution in [0, 0.1) is 0 Å². The van der Waals surface area contributed by atoms with Crippen molar-refractivity contribution in [2.24, 2.45) is 0 Å². The fraction of sp³-hybridized carbons (Fsp3) is 0.385. The Kier molecular flexibility index (Phi) is 3.89. The average molecular weight is 235 g/mol. The first-order valence-electron chi connectivity index (χ1n) is 5.27. The third kappa shape index (κ3) is 3.59. The molecule has 0 fully saturated rings. The number of aldehydes is 1. The second kappa shape index (κ2) is 4.99. The van der Waals surface area contributed by atoms with E-state index in [0.29, 0.717) is 11.8 Å². The number of carboxylic acid groups (broad SMARTS) is 1. The van der Waals surface area contributed by atoms with Crippen LogP contribution >= 0.6 is 0 Å². The molecule has 0 saturated carbocycles. The van der Waals surface area contributed by atoms with Crippen LogP contribution in [0.25, 0.3) is 0 Å². The predicted octanol–water partition coefficient (Wildman–Crippen LogP) is 0.925. The molecule has 0 atom stereocenters. The van der Waals surface area contributed by atoms with Gasteiger partial charge < -0.3 is 14.6 Å². The van der Waals surface area contributed by atoms with Gasteiger partial charge in [0.05, 0.1) is 11.5 Å². The fourth-order valence-electron chi connectivity index (χ4n) is 1.38. The van der Waals surface area contributed by atoms with E-state index in [4.69, 9.17) is 4.74 Å². The second-order valence-electron chi connectivity index (χ2n) is 4.78. The van der Waals surface area contributed by atoms with Gasteiger partial charge >= 0.3 is 0 Å². The third-order valence-electron chi connectivity index (χ3n) is 2.35. The molecule has 0 N–H and O–H groups in total. The summed E-state index contributed by atoms with van der Waals surface area (Å²) in [4.78, 5) is 21.2. The topological polar surface area (TPSA) is 66.4 Å². The van der Waals surface area contributed by atoms with Crippen LogP contribution in [0.1, 0.15) is 36.7 Å². The number of benzene rings is 1. The summed E-state index contributed by atoms with van der Waals surface area (Å²) < 4.78 is 4.96. The van der Waals surface area contributed by atoms with E-state index in [1.165, 1.54) is 0 Å². The fourth-order valence-corrected chi connectivity index (χ4v) is 1.38. The van der Waals surface area contributed by atoms with Crippen LogP contribution in [0.5, 0.6) is 5.75 Å². The van der Waals surface area contributed by atoms with Crippen molar-refractivity contribution in [1.82, 2.24) is 0 Å². The van der Waals surface area contributed by atoms with Crippen molar-refractivity contribution in [2.75, 3.05) is 6.61 Å². The van der Waals surface area contributed by atoms with Crippen LogP contribution in [-0.4, -0.2) is 18.9 Å². The standard InChI is InChI=1S/C13H16O4/c1-13(2,3)10-4-5-11(9(6-10)7-14)17-8-12(15)16/h4-7H,8H2,1-3H3,(H,15,16)/p-1. The minimum Gasteiger partial charge on any atom is -0.546 e. The molecule has 4 nitrogen and oxygen atoms in total. The van der Waals surface area contributed by atoms with Gasteiger partial charge in [0.25, 0.3) is 0 Å². The van der Waals surface area contributed by atoms with Crippen molar-refractivity contribution in [2.45, 2.75) is 26.2 Å². The molecule has 4 heteroatoms. The van der Waals surface area contributed by atoms with Crippen molar-refractivity contribution >= 4 is 12.3 Å². The van der Waals surface area contributed by atoms with Crippen molar-refractivity contribution in [1.29, 1.82) is 0 Å². The van der Waals surface area contributed by atoms with Crippen molar-refractivity contribution in [3.05, 3.63) is 29.3 Å². The van der Waals surface area contributed by atoms with E-state index in [9.17, 15) is 14.7 Å². The summed E-state index contributed by atoms with van der Waals surface area (Å²) in [6.07, 6.45) is 0.653. The Hall–Kier alpha value is -1.84. The minimum atomic E-state index is -1.32. The summed E-state index contributed by atoms with van der Waals surface area (Å²) >= 11 is 0. The first-order chi connectivity index (χ1) is 7.84. The van der Waals surface area contributed by atoms with Gasteiger partial charge in [0, 0.05) is 0 Å². The maximum Gasteiger partial charge on any atom is 0.153 e. The Morgan fingerprint density at radius 3 is 2.53 bits per heavy atom. The molecule has 17 heavy (non-hydrogen) atoms. The molecule has 1 aromatic rings. The van der Waals surface area contributed by atoms with E-state index < -0.39 is 12.6 Å². The highest BCUT2D eigenvalue weighted by atomic mass is 16.5. The molecular weight excluding hydrogens is 220 g/mol. The predicted molar refractivity (Wildman–Crippen MR) is 61.0 cm³/mol. The Bertz CT molecular complexity index is 430. The first kappa shape index (κ1) is 13.2. The van der Waals surface area contributed by atoms with Gasteiger partial charge in [-0.1, -0.05) is 26.8 Å². The lowest BCUT2D eigenvalue weighted by Gasteiger charge is -2.20. The van der Waals surface area contributed by atoms with Crippen molar-refractivity contribution in [3.8, 4) is 5.75 Å². The highest BCUT2D eigenvalue weighted by molar-refractivity contribution is 5.80. The van der Waals surface area contributed by atoms with Gasteiger partial charge in [0.1, 0.15) is 12.4 Å². The number of carbonyl (C=O) groups excluding carboxylic acids is 2. The van der Waals surface area contributed by atoms with Gasteiger partial charge in [-0.2, -0.15) is 0 Å². The van der Waals surface area contributed by atoms with Crippen LogP contribution in [0.3, 0.4) is 0 Å². The van der Waals surface area contributed by atoms with Crippen LogP contribution < -0.4 is 9.84 Å². The Balaban J connectivity index is 3.01. The van der Waals surface area contributed by atoms with Gasteiger partial charge in [0.15, 0.2) is 6.29 Å². The third-order valence-corrected chi connectivity index (χ3v) is 2.35. The highest BCUT2D eigenvalue weighted by Crippen LogP contribution is 2.27. The number of hydrogen-bond acceptors (Lipinski definition) is 4. The smallest absolute Gasteiger partial charge is 0.153 e. The molecule has 0 heterocycles. The number of carbonyl (C=O) groups is 2. The number of ether oxygens (including phenoxy) is 1. The van der Waals surface area contributed by atoms with E-state index in [0.717, 1.165) is 5.56 Å². The molecule has 0 aliphatic heterocycles. The lowest BCUT2D eigenvalue weighted by atomic mass is 9.86. The van der Waals surface area contributed by atoms with Crippen molar-refractivity contribution in [3.63, 3.8) is 0 Å². The molecule has 0 amide bonds. The van der Waals surface area contributed by atoms with Gasteiger partial charge in [-0.3, -0.25) is 4.79 Å². The van der Waals surface area contributed by atoms with Crippen LogP contribution in [0.15, 0.2) is 18.2 Å². The Morgan fingerprint density at radius 1 is 1.41 bits per heavy atom. The highest BCUT2D eigenvalue weighted by Gasteiger charge is 2.15. The number of carboxylic acids is 1.